The summed E-state index contributed by atoms with van der Waals surface area (Å²) in [5.74, 6) is 0. The number of aliphatic hydroxyl groups is 1. The molecule has 16 heavy (non-hydrogen) atoms. The quantitative estimate of drug-likeness (QED) is 0.685. The summed E-state index contributed by atoms with van der Waals surface area (Å²) in [6, 6.07) is 0. The minimum absolute atomic E-state index is 0.159. The molecule has 0 aliphatic heterocycles. The van der Waals surface area contributed by atoms with Crippen molar-refractivity contribution in [1.29, 1.82) is 0 Å². The van der Waals surface area contributed by atoms with Gasteiger partial charge in [0.25, 0.3) is 0 Å². The lowest BCUT2D eigenvalue weighted by molar-refractivity contribution is 0.182. The summed E-state index contributed by atoms with van der Waals surface area (Å²) in [5, 5.41) is 12.8. The lowest BCUT2D eigenvalue weighted by Crippen LogP contribution is -2.25. The number of hydrogen-bond acceptors (Lipinski definition) is 4. The van der Waals surface area contributed by atoms with Gasteiger partial charge in [0, 0.05) is 19.8 Å². The van der Waals surface area contributed by atoms with Crippen LogP contribution in [0.15, 0.2) is 17.3 Å². The number of aliphatic hydroxyl groups excluding tert-OH is 1. The number of rotatable bonds is 6. The first-order valence-corrected chi connectivity index (χ1v) is 6.56. The summed E-state index contributed by atoms with van der Waals surface area (Å²) in [6.07, 6.45) is 3.53. The van der Waals surface area contributed by atoms with Crippen LogP contribution in [-0.2, 0) is 17.1 Å². The predicted molar refractivity (Wildman–Crippen MR) is 59.3 cm³/mol. The minimum Gasteiger partial charge on any atom is -0.393 e. The Bertz CT molecular complexity index is 425. The number of hydrogen-bond donors (Lipinski definition) is 2. The van der Waals surface area contributed by atoms with Crippen LogP contribution in [0.5, 0.6) is 0 Å². The normalized spacial score (nSPS) is 13.9. The van der Waals surface area contributed by atoms with E-state index in [9.17, 15) is 8.42 Å². The van der Waals surface area contributed by atoms with E-state index in [2.05, 4.69) is 9.82 Å². The van der Waals surface area contributed by atoms with Crippen LogP contribution in [0.1, 0.15) is 19.8 Å². The minimum atomic E-state index is -3.45. The van der Waals surface area contributed by atoms with E-state index in [0.29, 0.717) is 19.4 Å². The molecule has 0 amide bonds. The number of nitrogens with one attached hydrogen (secondary N) is 1. The molecule has 0 saturated heterocycles. The van der Waals surface area contributed by atoms with Gasteiger partial charge < -0.3 is 5.11 Å². The van der Waals surface area contributed by atoms with Gasteiger partial charge in [-0.15, -0.1) is 0 Å². The summed E-state index contributed by atoms with van der Waals surface area (Å²) >= 11 is 0. The molecule has 0 aliphatic carbocycles. The maximum Gasteiger partial charge on any atom is 0.243 e. The van der Waals surface area contributed by atoms with E-state index < -0.39 is 16.1 Å². The Labute approximate surface area is 95.3 Å². The number of nitrogens with zero attached hydrogens (tertiary/aromatic N) is 2. The first kappa shape index (κ1) is 13.1. The second-order valence-electron chi connectivity index (χ2n) is 3.74. The zero-order valence-corrected chi connectivity index (χ0v) is 10.2. The van der Waals surface area contributed by atoms with Gasteiger partial charge in [-0.1, -0.05) is 0 Å². The summed E-state index contributed by atoms with van der Waals surface area (Å²) < 4.78 is 27.2. The largest absolute Gasteiger partial charge is 0.393 e. The molecule has 0 bridgehead atoms. The molecule has 1 rings (SSSR count). The Balaban J connectivity index is 2.47. The fourth-order valence-corrected chi connectivity index (χ4v) is 2.28. The first-order chi connectivity index (χ1) is 7.42. The highest BCUT2D eigenvalue weighted by Gasteiger charge is 2.14. The van der Waals surface area contributed by atoms with Crippen molar-refractivity contribution in [1.82, 2.24) is 14.5 Å². The van der Waals surface area contributed by atoms with E-state index >= 15 is 0 Å². The molecule has 0 saturated carbocycles. The zero-order valence-electron chi connectivity index (χ0n) is 9.42. The number of sulfonamides is 1. The molecule has 1 unspecified atom stereocenters. The van der Waals surface area contributed by atoms with Gasteiger partial charge in [0.1, 0.15) is 4.90 Å². The zero-order chi connectivity index (χ0) is 12.2. The molecule has 0 fully saturated rings. The molecule has 1 atom stereocenters. The van der Waals surface area contributed by atoms with E-state index in [1.54, 1.807) is 14.0 Å². The van der Waals surface area contributed by atoms with E-state index in [-0.39, 0.29) is 4.90 Å². The van der Waals surface area contributed by atoms with Crippen LogP contribution < -0.4 is 4.72 Å². The molecular weight excluding hydrogens is 230 g/mol. The van der Waals surface area contributed by atoms with Gasteiger partial charge in [-0.05, 0) is 19.8 Å². The van der Waals surface area contributed by atoms with Crippen LogP contribution in [0, 0.1) is 0 Å². The van der Waals surface area contributed by atoms with Gasteiger partial charge in [-0.25, -0.2) is 13.1 Å². The van der Waals surface area contributed by atoms with Gasteiger partial charge in [0.15, 0.2) is 0 Å². The third kappa shape index (κ3) is 3.92. The van der Waals surface area contributed by atoms with E-state index in [1.807, 2.05) is 0 Å². The molecule has 6 nitrogen and oxygen atoms in total. The summed E-state index contributed by atoms with van der Waals surface area (Å²) in [4.78, 5) is 0.159. The van der Waals surface area contributed by atoms with Crippen LogP contribution in [-0.4, -0.2) is 36.0 Å². The lowest BCUT2D eigenvalue weighted by atomic mass is 10.2. The average Bonchev–Trinajstić information content (AvgIpc) is 2.60. The molecule has 2 N–H and O–H groups in total. The van der Waals surface area contributed by atoms with Crippen molar-refractivity contribution < 1.29 is 13.5 Å². The van der Waals surface area contributed by atoms with Gasteiger partial charge >= 0.3 is 0 Å². The molecule has 1 aromatic rings. The van der Waals surface area contributed by atoms with Gasteiger partial charge in [-0.2, -0.15) is 5.10 Å². The van der Waals surface area contributed by atoms with Crippen LogP contribution in [0.4, 0.5) is 0 Å². The van der Waals surface area contributed by atoms with Crippen molar-refractivity contribution >= 4 is 10.0 Å². The maximum absolute atomic E-state index is 11.7. The molecule has 0 radical (unpaired) electrons. The second kappa shape index (κ2) is 5.42. The fraction of sp³-hybridized carbons (Fsp3) is 0.667. The van der Waals surface area contributed by atoms with Gasteiger partial charge in [0.05, 0.1) is 12.3 Å². The summed E-state index contributed by atoms with van der Waals surface area (Å²) in [7, 11) is -1.79. The first-order valence-electron chi connectivity index (χ1n) is 5.08. The molecule has 1 aromatic heterocycles. The van der Waals surface area contributed by atoms with E-state index in [1.165, 1.54) is 17.1 Å². The third-order valence-electron chi connectivity index (χ3n) is 2.08. The monoisotopic (exact) mass is 247 g/mol. The Morgan fingerprint density at radius 3 is 2.81 bits per heavy atom. The van der Waals surface area contributed by atoms with Crippen LogP contribution in [0.2, 0.25) is 0 Å². The topological polar surface area (TPSA) is 84.2 Å². The molecule has 0 aliphatic rings. The van der Waals surface area contributed by atoms with E-state index in [0.717, 1.165) is 0 Å². The molecule has 1 heterocycles. The van der Waals surface area contributed by atoms with Gasteiger partial charge in [-0.3, -0.25) is 4.68 Å². The third-order valence-corrected chi connectivity index (χ3v) is 3.50. The highest BCUT2D eigenvalue weighted by atomic mass is 32.2. The highest BCUT2D eigenvalue weighted by molar-refractivity contribution is 7.89. The van der Waals surface area contributed by atoms with Crippen molar-refractivity contribution in [3.8, 4) is 0 Å². The van der Waals surface area contributed by atoms with Crippen molar-refractivity contribution in [2.75, 3.05) is 6.54 Å². The summed E-state index contributed by atoms with van der Waals surface area (Å²) in [5.41, 5.74) is 0. The maximum atomic E-state index is 11.7. The van der Waals surface area contributed by atoms with Crippen molar-refractivity contribution in [3.63, 3.8) is 0 Å². The Morgan fingerprint density at radius 1 is 1.62 bits per heavy atom. The number of aromatic nitrogens is 2. The average molecular weight is 247 g/mol. The van der Waals surface area contributed by atoms with Gasteiger partial charge in [0.2, 0.25) is 10.0 Å². The predicted octanol–water partition coefficient (Wildman–Crippen LogP) is -0.141. The van der Waals surface area contributed by atoms with Crippen molar-refractivity contribution in [2.45, 2.75) is 30.8 Å². The van der Waals surface area contributed by atoms with E-state index in [4.69, 9.17) is 5.11 Å². The molecule has 7 heteroatoms. The smallest absolute Gasteiger partial charge is 0.243 e. The molecule has 0 aromatic carbocycles. The molecule has 0 spiro atoms. The standard InChI is InChI=1S/C9H17N3O3S/c1-8(13)4-3-5-11-16(14,15)9-6-10-12(2)7-9/h6-8,11,13H,3-5H2,1-2H3. The number of aryl methyl sites for hydroxylation is 1. The Kier molecular flexibility index (Phi) is 4.45. The fourth-order valence-electron chi connectivity index (χ4n) is 1.22. The van der Waals surface area contributed by atoms with Crippen molar-refractivity contribution in [3.05, 3.63) is 12.4 Å². The molecule has 92 valence electrons. The second-order valence-corrected chi connectivity index (χ2v) is 5.51. The summed E-state index contributed by atoms with van der Waals surface area (Å²) in [6.45, 7) is 2.00. The SMILES string of the molecule is CC(O)CCCNS(=O)(=O)c1cnn(C)c1. The van der Waals surface area contributed by atoms with Crippen LogP contribution >= 0.6 is 0 Å². The Morgan fingerprint density at radius 2 is 2.31 bits per heavy atom. The highest BCUT2D eigenvalue weighted by Crippen LogP contribution is 2.06. The van der Waals surface area contributed by atoms with Crippen LogP contribution in [0.3, 0.4) is 0 Å². The molecular formula is C9H17N3O3S. The van der Waals surface area contributed by atoms with Crippen molar-refractivity contribution in [2.24, 2.45) is 7.05 Å². The van der Waals surface area contributed by atoms with Crippen LogP contribution in [0.25, 0.3) is 0 Å². The lowest BCUT2D eigenvalue weighted by Gasteiger charge is -2.05. The Hall–Kier alpha value is -0.920.